The van der Waals surface area contributed by atoms with Crippen molar-refractivity contribution < 1.29 is 21.9 Å². The molecule has 8 heteroatoms. The quantitative estimate of drug-likeness (QED) is 0.712. The van der Waals surface area contributed by atoms with Crippen LogP contribution in [0.15, 0.2) is 0 Å². The molecule has 0 saturated carbocycles. The Balaban J connectivity index is 2.49. The molecule has 0 bridgehead atoms. The molecule has 6 nitrogen and oxygen atoms in total. The molecule has 1 fully saturated rings. The van der Waals surface area contributed by atoms with Crippen LogP contribution in [0.25, 0.3) is 0 Å². The van der Waals surface area contributed by atoms with E-state index in [4.69, 9.17) is 0 Å². The topological polar surface area (TPSA) is 101 Å². The van der Waals surface area contributed by atoms with Crippen molar-refractivity contribution >= 4 is 19.9 Å². The number of hydrogen-bond acceptors (Lipinski definition) is 5. The van der Waals surface area contributed by atoms with Gasteiger partial charge in [-0.2, -0.15) is 0 Å². The van der Waals surface area contributed by atoms with Crippen LogP contribution in [0, 0.1) is 5.92 Å². The van der Waals surface area contributed by atoms with Crippen LogP contribution in [-0.2, 0) is 19.9 Å². The second kappa shape index (κ2) is 6.51. The smallest absolute Gasteiger partial charge is 0.214 e. The molecule has 1 unspecified atom stereocenters. The van der Waals surface area contributed by atoms with Crippen LogP contribution in [0.2, 0.25) is 0 Å². The first-order valence-electron chi connectivity index (χ1n) is 6.49. The molecule has 2 N–H and O–H groups in total. The van der Waals surface area contributed by atoms with Crippen molar-refractivity contribution in [1.29, 1.82) is 0 Å². The molecule has 0 amide bonds. The Bertz CT molecular complexity index is 469. The third-order valence-corrected chi connectivity index (χ3v) is 6.84. The number of nitrogens with one attached hydrogen (secondary N) is 1. The first-order chi connectivity index (χ1) is 8.62. The van der Waals surface area contributed by atoms with Gasteiger partial charge < -0.3 is 5.11 Å². The highest BCUT2D eigenvalue weighted by Crippen LogP contribution is 2.18. The molecule has 1 atom stereocenters. The fourth-order valence-corrected chi connectivity index (χ4v) is 5.44. The molecule has 0 radical (unpaired) electrons. The molecule has 114 valence electrons. The number of hydrogen-bond donors (Lipinski definition) is 2. The first kappa shape index (κ1) is 16.9. The Hall–Kier alpha value is -0.180. The standard InChI is InChI=1S/C11H23NO5S2/c1-9(2)7-10(13)8-12-19(16,17)11-3-5-18(14,15)6-4-11/h9-13H,3-8H2,1-2H3. The van der Waals surface area contributed by atoms with Crippen LogP contribution in [0.1, 0.15) is 33.1 Å². The average Bonchev–Trinajstić information content (AvgIpc) is 2.25. The maximum Gasteiger partial charge on any atom is 0.214 e. The molecule has 1 rings (SSSR count). The van der Waals surface area contributed by atoms with Gasteiger partial charge in [0.1, 0.15) is 9.84 Å². The van der Waals surface area contributed by atoms with Crippen molar-refractivity contribution in [3.05, 3.63) is 0 Å². The van der Waals surface area contributed by atoms with Crippen molar-refractivity contribution in [3.8, 4) is 0 Å². The van der Waals surface area contributed by atoms with Crippen molar-refractivity contribution in [1.82, 2.24) is 4.72 Å². The summed E-state index contributed by atoms with van der Waals surface area (Å²) in [5.74, 6) is 0.139. The van der Waals surface area contributed by atoms with Gasteiger partial charge in [-0.1, -0.05) is 13.8 Å². The van der Waals surface area contributed by atoms with Crippen LogP contribution in [0.3, 0.4) is 0 Å². The Morgan fingerprint density at radius 3 is 2.26 bits per heavy atom. The summed E-state index contributed by atoms with van der Waals surface area (Å²) in [4.78, 5) is 0. The van der Waals surface area contributed by atoms with Crippen LogP contribution in [0.5, 0.6) is 0 Å². The Morgan fingerprint density at radius 1 is 1.26 bits per heavy atom. The molecule has 0 aliphatic carbocycles. The second-order valence-electron chi connectivity index (χ2n) is 5.53. The molecule has 1 aliphatic heterocycles. The van der Waals surface area contributed by atoms with Gasteiger partial charge in [-0.15, -0.1) is 0 Å². The Kier molecular flexibility index (Phi) is 5.78. The molecule has 0 aromatic carbocycles. The number of rotatable bonds is 6. The SMILES string of the molecule is CC(C)CC(O)CNS(=O)(=O)C1CCS(=O)(=O)CC1. The lowest BCUT2D eigenvalue weighted by Gasteiger charge is -2.23. The summed E-state index contributed by atoms with van der Waals surface area (Å²) in [5.41, 5.74) is 0. The molecule has 1 aliphatic rings. The lowest BCUT2D eigenvalue weighted by atomic mass is 10.1. The second-order valence-corrected chi connectivity index (χ2v) is 9.88. The summed E-state index contributed by atoms with van der Waals surface area (Å²) < 4.78 is 48.8. The minimum absolute atomic E-state index is 0.0102. The number of sulfone groups is 1. The van der Waals surface area contributed by atoms with Crippen molar-refractivity contribution in [3.63, 3.8) is 0 Å². The van der Waals surface area contributed by atoms with E-state index in [2.05, 4.69) is 4.72 Å². The molecule has 0 aromatic heterocycles. The van der Waals surface area contributed by atoms with Gasteiger partial charge in [-0.3, -0.25) is 0 Å². The third-order valence-electron chi connectivity index (χ3n) is 3.20. The van der Waals surface area contributed by atoms with E-state index < -0.39 is 31.2 Å². The zero-order valence-corrected chi connectivity index (χ0v) is 13.0. The highest BCUT2D eigenvalue weighted by Gasteiger charge is 2.32. The van der Waals surface area contributed by atoms with Gasteiger partial charge in [0.15, 0.2) is 0 Å². The van der Waals surface area contributed by atoms with Crippen molar-refractivity contribution in [2.75, 3.05) is 18.1 Å². The van der Waals surface area contributed by atoms with Gasteiger partial charge in [-0.05, 0) is 25.2 Å². The highest BCUT2D eigenvalue weighted by atomic mass is 32.2. The van der Waals surface area contributed by atoms with Gasteiger partial charge in [0, 0.05) is 6.54 Å². The van der Waals surface area contributed by atoms with Gasteiger partial charge in [0.05, 0.1) is 22.9 Å². The lowest BCUT2D eigenvalue weighted by Crippen LogP contribution is -2.42. The van der Waals surface area contributed by atoms with E-state index in [1.54, 1.807) is 0 Å². The minimum Gasteiger partial charge on any atom is -0.392 e. The van der Waals surface area contributed by atoms with E-state index in [1.165, 1.54) is 0 Å². The van der Waals surface area contributed by atoms with Gasteiger partial charge >= 0.3 is 0 Å². The van der Waals surface area contributed by atoms with Crippen LogP contribution in [-0.4, -0.2) is 51.3 Å². The summed E-state index contributed by atoms with van der Waals surface area (Å²) >= 11 is 0. The van der Waals surface area contributed by atoms with Crippen molar-refractivity contribution in [2.45, 2.75) is 44.5 Å². The van der Waals surface area contributed by atoms with Crippen LogP contribution < -0.4 is 4.72 Å². The zero-order valence-electron chi connectivity index (χ0n) is 11.4. The van der Waals surface area contributed by atoms with Crippen LogP contribution >= 0.6 is 0 Å². The van der Waals surface area contributed by atoms with Gasteiger partial charge in [0.2, 0.25) is 10.0 Å². The van der Waals surface area contributed by atoms with Gasteiger partial charge in [0.25, 0.3) is 0 Å². The minimum atomic E-state index is -3.54. The maximum atomic E-state index is 12.0. The monoisotopic (exact) mass is 313 g/mol. The Labute approximate surface area is 115 Å². The largest absolute Gasteiger partial charge is 0.392 e. The van der Waals surface area contributed by atoms with Crippen molar-refractivity contribution in [2.24, 2.45) is 5.92 Å². The van der Waals surface area contributed by atoms with E-state index >= 15 is 0 Å². The summed E-state index contributed by atoms with van der Waals surface area (Å²) in [6.45, 7) is 3.89. The third kappa shape index (κ3) is 5.76. The average molecular weight is 313 g/mol. The van der Waals surface area contributed by atoms with E-state index in [1.807, 2.05) is 13.8 Å². The van der Waals surface area contributed by atoms with Crippen LogP contribution in [0.4, 0.5) is 0 Å². The molecule has 1 saturated heterocycles. The highest BCUT2D eigenvalue weighted by molar-refractivity contribution is 7.92. The molecular formula is C11H23NO5S2. The number of aliphatic hydroxyl groups is 1. The van der Waals surface area contributed by atoms with E-state index in [0.717, 1.165) is 0 Å². The fraction of sp³-hybridized carbons (Fsp3) is 1.00. The normalized spacial score (nSPS) is 22.5. The first-order valence-corrected chi connectivity index (χ1v) is 9.86. The summed E-state index contributed by atoms with van der Waals surface area (Å²) in [7, 11) is -6.60. The Morgan fingerprint density at radius 2 is 1.79 bits per heavy atom. The molecule has 1 heterocycles. The maximum absolute atomic E-state index is 12.0. The zero-order chi connectivity index (χ0) is 14.7. The number of sulfonamides is 1. The molecule has 0 aromatic rings. The van der Waals surface area contributed by atoms with Gasteiger partial charge in [-0.25, -0.2) is 21.6 Å². The lowest BCUT2D eigenvalue weighted by molar-refractivity contribution is 0.152. The predicted molar refractivity (Wildman–Crippen MR) is 74.1 cm³/mol. The molecule has 0 spiro atoms. The van der Waals surface area contributed by atoms with E-state index in [0.29, 0.717) is 12.3 Å². The van der Waals surface area contributed by atoms with E-state index in [9.17, 15) is 21.9 Å². The molecule has 19 heavy (non-hydrogen) atoms. The summed E-state index contributed by atoms with van der Waals surface area (Å²) in [6, 6.07) is 0. The summed E-state index contributed by atoms with van der Waals surface area (Å²) in [6.07, 6.45) is 0.0966. The fourth-order valence-electron chi connectivity index (χ4n) is 2.14. The number of aliphatic hydroxyl groups excluding tert-OH is 1. The summed E-state index contributed by atoms with van der Waals surface area (Å²) in [5, 5.41) is 8.98. The van der Waals surface area contributed by atoms with E-state index in [-0.39, 0.29) is 30.9 Å². The molecular weight excluding hydrogens is 290 g/mol. The predicted octanol–water partition coefficient (Wildman–Crippen LogP) is -0.110.